The van der Waals surface area contributed by atoms with Crippen molar-refractivity contribution < 1.29 is 9.47 Å². The third kappa shape index (κ3) is 3.77. The third-order valence-corrected chi connectivity index (χ3v) is 5.71. The monoisotopic (exact) mass is 374 g/mol. The Balaban J connectivity index is 1.72. The molecule has 1 aromatic carbocycles. The molecule has 0 amide bonds. The van der Waals surface area contributed by atoms with Crippen molar-refractivity contribution in [1.82, 2.24) is 15.2 Å². The van der Waals surface area contributed by atoms with E-state index in [1.807, 2.05) is 14.0 Å². The lowest BCUT2D eigenvalue weighted by Gasteiger charge is -2.32. The molecule has 7 heteroatoms. The Labute approximate surface area is 158 Å². The molecule has 140 valence electrons. The van der Waals surface area contributed by atoms with Crippen LogP contribution in [-0.2, 0) is 19.5 Å². The Kier molecular flexibility index (Phi) is 5.66. The first-order valence-electron chi connectivity index (χ1n) is 8.68. The fraction of sp³-hybridized carbons (Fsp3) is 0.474. The molecule has 1 N–H and O–H groups in total. The van der Waals surface area contributed by atoms with E-state index >= 15 is 0 Å². The second-order valence-electron chi connectivity index (χ2n) is 6.29. The first-order valence-corrected chi connectivity index (χ1v) is 9.49. The molecule has 0 fully saturated rings. The summed E-state index contributed by atoms with van der Waals surface area (Å²) in [7, 11) is 5.18. The SMILES string of the molecule is CN=C(NCc1sc(C)nc1C)N1CCc2cc(OC)c(OC)cc2C1. The second-order valence-corrected chi connectivity index (χ2v) is 7.58. The number of fused-ring (bicyclic) bond motifs is 1. The molecule has 3 rings (SSSR count). The van der Waals surface area contributed by atoms with E-state index in [0.717, 1.165) is 54.2 Å². The number of nitrogens with zero attached hydrogens (tertiary/aromatic N) is 3. The Bertz CT molecular complexity index is 816. The van der Waals surface area contributed by atoms with E-state index in [0.29, 0.717) is 0 Å². The van der Waals surface area contributed by atoms with Gasteiger partial charge >= 0.3 is 0 Å². The third-order valence-electron chi connectivity index (χ3n) is 4.64. The van der Waals surface area contributed by atoms with Crippen LogP contribution in [0.15, 0.2) is 17.1 Å². The summed E-state index contributed by atoms with van der Waals surface area (Å²) >= 11 is 1.73. The summed E-state index contributed by atoms with van der Waals surface area (Å²) in [4.78, 5) is 12.5. The van der Waals surface area contributed by atoms with Gasteiger partial charge in [-0.3, -0.25) is 4.99 Å². The van der Waals surface area contributed by atoms with E-state index in [9.17, 15) is 0 Å². The number of rotatable bonds is 4. The Morgan fingerprint density at radius 3 is 2.50 bits per heavy atom. The van der Waals surface area contributed by atoms with Gasteiger partial charge in [-0.25, -0.2) is 4.98 Å². The van der Waals surface area contributed by atoms with Crippen LogP contribution in [0.3, 0.4) is 0 Å². The number of aliphatic imine (C=N–C) groups is 1. The van der Waals surface area contributed by atoms with Crippen LogP contribution in [0, 0.1) is 13.8 Å². The highest BCUT2D eigenvalue weighted by Gasteiger charge is 2.21. The maximum Gasteiger partial charge on any atom is 0.194 e. The fourth-order valence-electron chi connectivity index (χ4n) is 3.29. The van der Waals surface area contributed by atoms with Crippen molar-refractivity contribution in [2.45, 2.75) is 33.4 Å². The lowest BCUT2D eigenvalue weighted by atomic mass is 9.99. The number of hydrogen-bond acceptors (Lipinski definition) is 5. The van der Waals surface area contributed by atoms with E-state index in [-0.39, 0.29) is 0 Å². The van der Waals surface area contributed by atoms with E-state index in [2.05, 4.69) is 39.2 Å². The highest BCUT2D eigenvalue weighted by Crippen LogP contribution is 2.33. The predicted octanol–water partition coefficient (Wildman–Crippen LogP) is 2.91. The molecule has 26 heavy (non-hydrogen) atoms. The molecule has 0 spiro atoms. The predicted molar refractivity (Wildman–Crippen MR) is 105 cm³/mol. The maximum atomic E-state index is 5.45. The van der Waals surface area contributed by atoms with Crippen molar-refractivity contribution in [3.05, 3.63) is 38.8 Å². The summed E-state index contributed by atoms with van der Waals surface area (Å²) in [5, 5.41) is 4.58. The van der Waals surface area contributed by atoms with E-state index in [1.165, 1.54) is 16.0 Å². The first kappa shape index (κ1) is 18.5. The summed E-state index contributed by atoms with van der Waals surface area (Å²) in [6.07, 6.45) is 0.953. The van der Waals surface area contributed by atoms with E-state index in [4.69, 9.17) is 9.47 Å². The van der Waals surface area contributed by atoms with Crippen LogP contribution in [0.2, 0.25) is 0 Å². The van der Waals surface area contributed by atoms with Crippen molar-refractivity contribution in [3.8, 4) is 11.5 Å². The van der Waals surface area contributed by atoms with Gasteiger partial charge in [0.2, 0.25) is 0 Å². The number of nitrogens with one attached hydrogen (secondary N) is 1. The van der Waals surface area contributed by atoms with Crippen LogP contribution in [-0.4, -0.2) is 43.7 Å². The molecule has 1 aliphatic heterocycles. The molecule has 1 aromatic heterocycles. The molecule has 0 unspecified atom stereocenters. The van der Waals surface area contributed by atoms with E-state index in [1.54, 1.807) is 25.6 Å². The number of ether oxygens (including phenoxy) is 2. The summed E-state index contributed by atoms with van der Waals surface area (Å²) < 4.78 is 10.9. The zero-order valence-corrected chi connectivity index (χ0v) is 16.9. The molecule has 0 saturated heterocycles. The van der Waals surface area contributed by atoms with Crippen molar-refractivity contribution in [2.24, 2.45) is 4.99 Å². The molecule has 2 aromatic rings. The minimum absolute atomic E-state index is 0.749. The molecule has 0 saturated carbocycles. The largest absolute Gasteiger partial charge is 0.493 e. The molecular weight excluding hydrogens is 348 g/mol. The van der Waals surface area contributed by atoms with Gasteiger partial charge in [0.15, 0.2) is 17.5 Å². The van der Waals surface area contributed by atoms with Crippen LogP contribution < -0.4 is 14.8 Å². The van der Waals surface area contributed by atoms with Gasteiger partial charge in [-0.05, 0) is 43.5 Å². The van der Waals surface area contributed by atoms with Gasteiger partial charge in [0, 0.05) is 25.0 Å². The molecule has 1 aliphatic rings. The number of benzene rings is 1. The maximum absolute atomic E-state index is 5.45. The number of aromatic nitrogens is 1. The molecule has 0 aliphatic carbocycles. The van der Waals surface area contributed by atoms with Crippen LogP contribution in [0.1, 0.15) is 26.7 Å². The van der Waals surface area contributed by atoms with Gasteiger partial charge in [0.05, 0.1) is 31.5 Å². The van der Waals surface area contributed by atoms with Gasteiger partial charge in [-0.2, -0.15) is 0 Å². The van der Waals surface area contributed by atoms with Gasteiger partial charge in [0.25, 0.3) is 0 Å². The van der Waals surface area contributed by atoms with Crippen LogP contribution in [0.25, 0.3) is 0 Å². The van der Waals surface area contributed by atoms with Gasteiger partial charge in [0.1, 0.15) is 0 Å². The number of aryl methyl sites for hydroxylation is 2. The molecule has 6 nitrogen and oxygen atoms in total. The summed E-state index contributed by atoms with van der Waals surface area (Å²) in [5.74, 6) is 2.47. The molecule has 0 bridgehead atoms. The lowest BCUT2D eigenvalue weighted by Crippen LogP contribution is -2.43. The van der Waals surface area contributed by atoms with Crippen LogP contribution >= 0.6 is 11.3 Å². The topological polar surface area (TPSA) is 59.0 Å². The summed E-state index contributed by atoms with van der Waals surface area (Å²) in [6, 6.07) is 4.16. The second kappa shape index (κ2) is 7.95. The molecule has 0 atom stereocenters. The van der Waals surface area contributed by atoms with Crippen molar-refractivity contribution in [3.63, 3.8) is 0 Å². The first-order chi connectivity index (χ1) is 12.5. The lowest BCUT2D eigenvalue weighted by molar-refractivity contribution is 0.346. The summed E-state index contributed by atoms with van der Waals surface area (Å²) in [6.45, 7) is 6.57. The minimum atomic E-state index is 0.749. The molecular formula is C19H26N4O2S. The number of thiazole rings is 1. The highest BCUT2D eigenvalue weighted by atomic mass is 32.1. The van der Waals surface area contributed by atoms with Crippen LogP contribution in [0.4, 0.5) is 0 Å². The van der Waals surface area contributed by atoms with Crippen molar-refractivity contribution in [1.29, 1.82) is 0 Å². The quantitative estimate of drug-likeness (QED) is 0.659. The standard InChI is InChI=1S/C19H26N4O2S/c1-12-18(26-13(2)22-12)10-21-19(20-3)23-7-6-14-8-16(24-4)17(25-5)9-15(14)11-23/h8-9H,6-7,10-11H2,1-5H3,(H,20,21). The summed E-state index contributed by atoms with van der Waals surface area (Å²) in [5.41, 5.74) is 3.65. The number of guanidine groups is 1. The van der Waals surface area contributed by atoms with Crippen molar-refractivity contribution in [2.75, 3.05) is 27.8 Å². The average Bonchev–Trinajstić information content (AvgIpc) is 2.98. The average molecular weight is 375 g/mol. The molecule has 0 radical (unpaired) electrons. The van der Waals surface area contributed by atoms with Gasteiger partial charge < -0.3 is 19.7 Å². The normalized spacial score (nSPS) is 14.2. The zero-order chi connectivity index (χ0) is 18.7. The highest BCUT2D eigenvalue weighted by molar-refractivity contribution is 7.11. The fourth-order valence-corrected chi connectivity index (χ4v) is 4.17. The van der Waals surface area contributed by atoms with Gasteiger partial charge in [-0.15, -0.1) is 11.3 Å². The Morgan fingerprint density at radius 1 is 1.23 bits per heavy atom. The number of methoxy groups -OCH3 is 2. The Morgan fingerprint density at radius 2 is 1.92 bits per heavy atom. The van der Waals surface area contributed by atoms with Crippen molar-refractivity contribution >= 4 is 17.3 Å². The van der Waals surface area contributed by atoms with Crippen LogP contribution in [0.5, 0.6) is 11.5 Å². The zero-order valence-electron chi connectivity index (χ0n) is 16.0. The Hall–Kier alpha value is -2.28. The smallest absolute Gasteiger partial charge is 0.194 e. The van der Waals surface area contributed by atoms with E-state index < -0.39 is 0 Å². The minimum Gasteiger partial charge on any atom is -0.493 e. The van der Waals surface area contributed by atoms with Gasteiger partial charge in [-0.1, -0.05) is 0 Å². The number of hydrogen-bond donors (Lipinski definition) is 1. The molecule has 2 heterocycles.